The number of aromatic nitrogens is 2. The summed E-state index contributed by atoms with van der Waals surface area (Å²) < 4.78 is 11.4. The van der Waals surface area contributed by atoms with Crippen molar-refractivity contribution in [2.24, 2.45) is 11.7 Å². The molecule has 2 heterocycles. The van der Waals surface area contributed by atoms with Crippen molar-refractivity contribution in [3.8, 4) is 22.8 Å². The van der Waals surface area contributed by atoms with E-state index in [-0.39, 0.29) is 6.04 Å². The fourth-order valence-electron chi connectivity index (χ4n) is 2.30. The second-order valence-corrected chi connectivity index (χ2v) is 5.66. The zero-order chi connectivity index (χ0) is 14.8. The second kappa shape index (κ2) is 5.77. The number of aromatic amines is 1. The lowest BCUT2D eigenvalue weighted by molar-refractivity contribution is 0.297. The summed E-state index contributed by atoms with van der Waals surface area (Å²) in [5.41, 5.74) is 8.09. The number of fused-ring (bicyclic) bond motifs is 1. The Kier molecular flexibility index (Phi) is 3.84. The summed E-state index contributed by atoms with van der Waals surface area (Å²) >= 11 is 0. The highest BCUT2D eigenvalue weighted by molar-refractivity contribution is 5.63. The monoisotopic (exact) mass is 287 g/mol. The van der Waals surface area contributed by atoms with Gasteiger partial charge in [-0.2, -0.15) is 0 Å². The molecule has 112 valence electrons. The number of nitrogens with two attached hydrogens (primary N) is 1. The van der Waals surface area contributed by atoms with Crippen molar-refractivity contribution in [1.82, 2.24) is 9.97 Å². The second-order valence-electron chi connectivity index (χ2n) is 5.66. The molecule has 0 spiro atoms. The number of ether oxygens (including phenoxy) is 2. The van der Waals surface area contributed by atoms with Gasteiger partial charge < -0.3 is 20.2 Å². The predicted octanol–water partition coefficient (Wildman–Crippen LogP) is 2.89. The fourth-order valence-corrected chi connectivity index (χ4v) is 2.30. The number of nitrogens with one attached hydrogen (secondary N) is 1. The zero-order valence-electron chi connectivity index (χ0n) is 12.4. The molecule has 5 heteroatoms. The summed E-state index contributed by atoms with van der Waals surface area (Å²) in [6.07, 6.45) is 2.72. The van der Waals surface area contributed by atoms with E-state index in [1.54, 1.807) is 0 Å². The quantitative estimate of drug-likeness (QED) is 0.910. The predicted molar refractivity (Wildman–Crippen MR) is 81.4 cm³/mol. The number of hydrogen-bond donors (Lipinski definition) is 2. The molecule has 3 N–H and O–H groups in total. The molecule has 5 nitrogen and oxygen atoms in total. The highest BCUT2D eigenvalue weighted by Crippen LogP contribution is 2.34. The van der Waals surface area contributed by atoms with Gasteiger partial charge in [0, 0.05) is 12.0 Å². The summed E-state index contributed by atoms with van der Waals surface area (Å²) in [6.45, 7) is 5.55. The Morgan fingerprint density at radius 3 is 2.71 bits per heavy atom. The number of rotatable bonds is 3. The Balaban J connectivity index is 1.89. The maximum Gasteiger partial charge on any atom is 0.161 e. The normalized spacial score (nSPS) is 15.8. The lowest BCUT2D eigenvalue weighted by atomic mass is 10.1. The van der Waals surface area contributed by atoms with Crippen LogP contribution in [-0.4, -0.2) is 23.2 Å². The summed E-state index contributed by atoms with van der Waals surface area (Å²) in [5, 5.41) is 0. The van der Waals surface area contributed by atoms with E-state index in [9.17, 15) is 0 Å². The highest BCUT2D eigenvalue weighted by atomic mass is 16.5. The van der Waals surface area contributed by atoms with Crippen LogP contribution in [0.3, 0.4) is 0 Å². The summed E-state index contributed by atoms with van der Waals surface area (Å²) in [4.78, 5) is 7.69. The first-order chi connectivity index (χ1) is 10.1. The molecular formula is C16H21N3O2. The number of benzene rings is 1. The van der Waals surface area contributed by atoms with Crippen LogP contribution in [0.2, 0.25) is 0 Å². The summed E-state index contributed by atoms with van der Waals surface area (Å²) in [5.74, 6) is 2.74. The Labute approximate surface area is 124 Å². The molecule has 3 rings (SSSR count). The van der Waals surface area contributed by atoms with E-state index in [4.69, 9.17) is 15.2 Å². The lowest BCUT2D eigenvalue weighted by Crippen LogP contribution is -2.18. The van der Waals surface area contributed by atoms with Crippen molar-refractivity contribution in [3.63, 3.8) is 0 Å². The lowest BCUT2D eigenvalue weighted by Gasteiger charge is -2.12. The van der Waals surface area contributed by atoms with Crippen LogP contribution in [0, 0.1) is 5.92 Å². The first kappa shape index (κ1) is 13.9. The van der Waals surface area contributed by atoms with E-state index in [0.29, 0.717) is 19.1 Å². The van der Waals surface area contributed by atoms with Gasteiger partial charge in [-0.05, 0) is 24.1 Å². The smallest absolute Gasteiger partial charge is 0.161 e. The maximum atomic E-state index is 6.12. The molecule has 21 heavy (non-hydrogen) atoms. The van der Waals surface area contributed by atoms with Gasteiger partial charge in [0.25, 0.3) is 0 Å². The van der Waals surface area contributed by atoms with Gasteiger partial charge in [0.15, 0.2) is 11.5 Å². The summed E-state index contributed by atoms with van der Waals surface area (Å²) in [6, 6.07) is 5.85. The van der Waals surface area contributed by atoms with Crippen molar-refractivity contribution < 1.29 is 9.47 Å². The maximum absolute atomic E-state index is 6.12. The zero-order valence-corrected chi connectivity index (χ0v) is 12.4. The van der Waals surface area contributed by atoms with E-state index in [1.165, 1.54) is 0 Å². The molecule has 1 atom stereocenters. The Hall–Kier alpha value is -2.01. The third-order valence-electron chi connectivity index (χ3n) is 3.69. The van der Waals surface area contributed by atoms with Gasteiger partial charge in [-0.25, -0.2) is 4.98 Å². The number of nitrogens with zero attached hydrogens (tertiary/aromatic N) is 1. The van der Waals surface area contributed by atoms with E-state index >= 15 is 0 Å². The molecule has 1 unspecified atom stereocenters. The molecule has 2 aromatic rings. The Bertz CT molecular complexity index is 622. The van der Waals surface area contributed by atoms with Gasteiger partial charge in [0.1, 0.15) is 5.82 Å². The van der Waals surface area contributed by atoms with Crippen LogP contribution in [0.25, 0.3) is 11.3 Å². The van der Waals surface area contributed by atoms with E-state index in [2.05, 4.69) is 23.8 Å². The molecule has 0 aliphatic carbocycles. The van der Waals surface area contributed by atoms with Gasteiger partial charge in [-0.1, -0.05) is 13.8 Å². The van der Waals surface area contributed by atoms with Gasteiger partial charge >= 0.3 is 0 Å². The van der Waals surface area contributed by atoms with Crippen LogP contribution < -0.4 is 15.2 Å². The van der Waals surface area contributed by atoms with Crippen molar-refractivity contribution in [3.05, 3.63) is 30.2 Å². The highest BCUT2D eigenvalue weighted by Gasteiger charge is 2.16. The standard InChI is InChI=1S/C16H21N3O2/c1-10(2)15(17)16-18-9-12(19-16)11-4-5-13-14(8-11)21-7-3-6-20-13/h4-5,8-10,15H,3,6-7,17H2,1-2H3,(H,18,19). The molecule has 0 bridgehead atoms. The van der Waals surface area contributed by atoms with Gasteiger partial charge in [-0.3, -0.25) is 0 Å². The molecule has 0 fully saturated rings. The van der Waals surface area contributed by atoms with Gasteiger partial charge in [0.05, 0.1) is 31.1 Å². The first-order valence-corrected chi connectivity index (χ1v) is 7.35. The SMILES string of the molecule is CC(C)C(N)c1ncc(-c2ccc3c(c2)OCCCO3)[nH]1. The number of hydrogen-bond acceptors (Lipinski definition) is 4. The molecule has 0 saturated carbocycles. The molecule has 0 amide bonds. The minimum absolute atomic E-state index is 0.0841. The largest absolute Gasteiger partial charge is 0.490 e. The third kappa shape index (κ3) is 2.88. The average molecular weight is 287 g/mol. The van der Waals surface area contributed by atoms with Crippen LogP contribution in [0.5, 0.6) is 11.5 Å². The van der Waals surface area contributed by atoms with Gasteiger partial charge in [-0.15, -0.1) is 0 Å². The number of H-pyrrole nitrogens is 1. The topological polar surface area (TPSA) is 73.2 Å². The minimum Gasteiger partial charge on any atom is -0.490 e. The Morgan fingerprint density at radius 2 is 1.95 bits per heavy atom. The number of imidazole rings is 1. The average Bonchev–Trinajstić information content (AvgIpc) is 2.85. The molecule has 1 aliphatic rings. The van der Waals surface area contributed by atoms with Crippen LogP contribution in [0.4, 0.5) is 0 Å². The molecular weight excluding hydrogens is 266 g/mol. The third-order valence-corrected chi connectivity index (χ3v) is 3.69. The minimum atomic E-state index is -0.0841. The van der Waals surface area contributed by atoms with E-state index in [1.807, 2.05) is 24.4 Å². The molecule has 1 aromatic heterocycles. The van der Waals surface area contributed by atoms with Crippen LogP contribution >= 0.6 is 0 Å². The van der Waals surface area contributed by atoms with E-state index in [0.717, 1.165) is 35.0 Å². The van der Waals surface area contributed by atoms with Crippen LogP contribution in [0.15, 0.2) is 24.4 Å². The van der Waals surface area contributed by atoms with Gasteiger partial charge in [0.2, 0.25) is 0 Å². The molecule has 0 saturated heterocycles. The Morgan fingerprint density at radius 1 is 1.19 bits per heavy atom. The van der Waals surface area contributed by atoms with Crippen molar-refractivity contribution in [2.75, 3.05) is 13.2 Å². The van der Waals surface area contributed by atoms with Crippen molar-refractivity contribution in [1.29, 1.82) is 0 Å². The fraction of sp³-hybridized carbons (Fsp3) is 0.438. The first-order valence-electron chi connectivity index (χ1n) is 7.35. The van der Waals surface area contributed by atoms with Crippen LogP contribution in [0.1, 0.15) is 32.1 Å². The molecule has 1 aromatic carbocycles. The van der Waals surface area contributed by atoms with Crippen molar-refractivity contribution >= 4 is 0 Å². The van der Waals surface area contributed by atoms with E-state index < -0.39 is 0 Å². The molecule has 0 radical (unpaired) electrons. The van der Waals surface area contributed by atoms with Crippen molar-refractivity contribution in [2.45, 2.75) is 26.3 Å². The van der Waals surface area contributed by atoms with Crippen LogP contribution in [-0.2, 0) is 0 Å². The molecule has 1 aliphatic heterocycles. The summed E-state index contributed by atoms with van der Waals surface area (Å²) in [7, 11) is 0.